The van der Waals surface area contributed by atoms with E-state index in [0.717, 1.165) is 17.3 Å². The molecule has 3 rings (SSSR count). The zero-order valence-electron chi connectivity index (χ0n) is 16.0. The summed E-state index contributed by atoms with van der Waals surface area (Å²) < 4.78 is 29.3. The van der Waals surface area contributed by atoms with Crippen LogP contribution < -0.4 is 21.0 Å². The third-order valence-corrected chi connectivity index (χ3v) is 5.74. The van der Waals surface area contributed by atoms with Crippen LogP contribution in [0.2, 0.25) is 0 Å². The third-order valence-electron chi connectivity index (χ3n) is 3.87. The molecule has 0 atom stereocenters. The number of nitrogens with two attached hydrogens (primary N) is 2. The first-order valence-corrected chi connectivity index (χ1v) is 11.3. The molecule has 0 fully saturated rings. The van der Waals surface area contributed by atoms with E-state index in [-0.39, 0.29) is 16.6 Å². The number of benzene rings is 2. The second kappa shape index (κ2) is 9.15. The van der Waals surface area contributed by atoms with Crippen molar-refractivity contribution in [2.24, 2.45) is 5.14 Å². The van der Waals surface area contributed by atoms with Crippen molar-refractivity contribution in [1.82, 2.24) is 14.9 Å². The number of aromatic nitrogens is 3. The summed E-state index contributed by atoms with van der Waals surface area (Å²) >= 11 is 1.12. The topological polar surface area (TPSA) is 155 Å². The quantitative estimate of drug-likeness (QED) is 0.345. The van der Waals surface area contributed by atoms with Crippen LogP contribution in [0.15, 0.2) is 58.6 Å². The van der Waals surface area contributed by atoms with E-state index in [1.807, 2.05) is 31.2 Å². The summed E-state index contributed by atoms with van der Waals surface area (Å²) in [4.78, 5) is 12.1. The number of anilines is 1. The second-order valence-electron chi connectivity index (χ2n) is 6.04. The van der Waals surface area contributed by atoms with Crippen molar-refractivity contribution in [2.75, 3.05) is 23.5 Å². The average Bonchev–Trinajstić information content (AvgIpc) is 3.07. The van der Waals surface area contributed by atoms with Gasteiger partial charge < -0.3 is 15.9 Å². The third kappa shape index (κ3) is 5.28. The molecule has 0 saturated carbocycles. The highest BCUT2D eigenvalue weighted by Crippen LogP contribution is 2.25. The Morgan fingerprint density at radius 3 is 2.60 bits per heavy atom. The maximum Gasteiger partial charge on any atom is 0.238 e. The number of amides is 1. The number of nitrogens with zero attached hydrogens (tertiary/aromatic N) is 3. The average molecular weight is 449 g/mol. The lowest BCUT2D eigenvalue weighted by molar-refractivity contribution is -0.113. The lowest BCUT2D eigenvalue weighted by Crippen LogP contribution is -2.17. The van der Waals surface area contributed by atoms with Crippen LogP contribution in [-0.2, 0) is 14.8 Å². The highest BCUT2D eigenvalue weighted by Gasteiger charge is 2.15. The molecule has 0 aliphatic rings. The largest absolute Gasteiger partial charge is 0.494 e. The highest BCUT2D eigenvalue weighted by atomic mass is 32.2. The number of hydrogen-bond donors (Lipinski definition) is 3. The Morgan fingerprint density at radius 2 is 1.93 bits per heavy atom. The molecule has 1 aromatic heterocycles. The van der Waals surface area contributed by atoms with Gasteiger partial charge in [-0.05, 0) is 43.3 Å². The van der Waals surface area contributed by atoms with Crippen molar-refractivity contribution in [2.45, 2.75) is 17.0 Å². The minimum Gasteiger partial charge on any atom is -0.494 e. The highest BCUT2D eigenvalue weighted by molar-refractivity contribution is 7.99. The van der Waals surface area contributed by atoms with Crippen LogP contribution in [0.4, 0.5) is 5.69 Å². The molecule has 30 heavy (non-hydrogen) atoms. The fourth-order valence-electron chi connectivity index (χ4n) is 2.52. The molecule has 0 aliphatic heterocycles. The minimum atomic E-state index is -3.78. The molecule has 0 saturated heterocycles. The van der Waals surface area contributed by atoms with Gasteiger partial charge in [0.05, 0.1) is 17.3 Å². The van der Waals surface area contributed by atoms with Crippen LogP contribution in [0.25, 0.3) is 11.4 Å². The van der Waals surface area contributed by atoms with E-state index in [4.69, 9.17) is 15.7 Å². The Morgan fingerprint density at radius 1 is 1.20 bits per heavy atom. The van der Waals surface area contributed by atoms with Gasteiger partial charge in [0.1, 0.15) is 5.75 Å². The van der Waals surface area contributed by atoms with Crippen LogP contribution in [0.1, 0.15) is 6.92 Å². The van der Waals surface area contributed by atoms with Gasteiger partial charge in [0.15, 0.2) is 5.82 Å². The summed E-state index contributed by atoms with van der Waals surface area (Å²) in [6.07, 6.45) is 0. The van der Waals surface area contributed by atoms with Gasteiger partial charge >= 0.3 is 0 Å². The van der Waals surface area contributed by atoms with Crippen LogP contribution in [0.5, 0.6) is 5.75 Å². The van der Waals surface area contributed by atoms with Crippen molar-refractivity contribution in [1.29, 1.82) is 0 Å². The molecule has 0 radical (unpaired) electrons. The number of carbonyl (C=O) groups excluding carboxylic acids is 1. The number of rotatable bonds is 8. The van der Waals surface area contributed by atoms with Crippen molar-refractivity contribution in [3.8, 4) is 17.1 Å². The van der Waals surface area contributed by atoms with Gasteiger partial charge in [-0.2, -0.15) is 0 Å². The number of primary sulfonamides is 1. The van der Waals surface area contributed by atoms with Crippen LogP contribution in [0.3, 0.4) is 0 Å². The zero-order valence-corrected chi connectivity index (χ0v) is 17.6. The summed E-state index contributed by atoms with van der Waals surface area (Å²) in [5, 5.41) is 16.2. The monoisotopic (exact) mass is 448 g/mol. The summed E-state index contributed by atoms with van der Waals surface area (Å²) in [5.74, 6) is 6.94. The summed E-state index contributed by atoms with van der Waals surface area (Å²) in [6.45, 7) is 2.44. The Kier molecular flexibility index (Phi) is 6.59. The molecule has 158 valence electrons. The van der Waals surface area contributed by atoms with E-state index in [9.17, 15) is 13.2 Å². The van der Waals surface area contributed by atoms with Crippen molar-refractivity contribution < 1.29 is 17.9 Å². The van der Waals surface area contributed by atoms with Gasteiger partial charge in [-0.15, -0.1) is 10.2 Å². The molecule has 12 heteroatoms. The molecule has 0 aliphatic carbocycles. The molecule has 0 spiro atoms. The van der Waals surface area contributed by atoms with Gasteiger partial charge in [-0.1, -0.05) is 23.9 Å². The molecule has 3 aromatic rings. The standard InChI is InChI=1S/C18H20N6O4S2/c1-2-28-14-5-3-4-12(10-14)17-22-23-18(24(17)19)29-11-16(25)21-13-6-8-15(9-7-13)30(20,26)27/h3-10H,2,11,19H2,1H3,(H,21,25)(H2,20,26,27). The smallest absolute Gasteiger partial charge is 0.238 e. The zero-order chi connectivity index (χ0) is 21.7. The number of nitrogens with one attached hydrogen (secondary N) is 1. The van der Waals surface area contributed by atoms with Crippen molar-refractivity contribution in [3.63, 3.8) is 0 Å². The van der Waals surface area contributed by atoms with Gasteiger partial charge in [0.25, 0.3) is 0 Å². The van der Waals surface area contributed by atoms with E-state index in [2.05, 4.69) is 15.5 Å². The number of carbonyl (C=O) groups is 1. The molecule has 0 bridgehead atoms. The SMILES string of the molecule is CCOc1cccc(-c2nnc(SCC(=O)Nc3ccc(S(N)(=O)=O)cc3)n2N)c1. The van der Waals surface area contributed by atoms with Crippen molar-refractivity contribution >= 4 is 33.4 Å². The fourth-order valence-corrected chi connectivity index (χ4v) is 3.69. The molecule has 1 amide bonds. The molecular formula is C18H20N6O4S2. The maximum absolute atomic E-state index is 12.2. The molecule has 1 heterocycles. The lowest BCUT2D eigenvalue weighted by atomic mass is 10.2. The van der Waals surface area contributed by atoms with Gasteiger partial charge in [0.2, 0.25) is 21.1 Å². The first-order valence-electron chi connectivity index (χ1n) is 8.77. The molecule has 10 nitrogen and oxygen atoms in total. The van der Waals surface area contributed by atoms with Gasteiger partial charge in [-0.3, -0.25) is 4.79 Å². The second-order valence-corrected chi connectivity index (χ2v) is 8.55. The fraction of sp³-hybridized carbons (Fsp3) is 0.167. The number of hydrogen-bond acceptors (Lipinski definition) is 8. The van der Waals surface area contributed by atoms with Crippen LogP contribution in [0, 0.1) is 0 Å². The molecular weight excluding hydrogens is 428 g/mol. The van der Waals surface area contributed by atoms with Gasteiger partial charge in [0, 0.05) is 11.3 Å². The van der Waals surface area contributed by atoms with E-state index in [1.54, 1.807) is 0 Å². The predicted molar refractivity (Wildman–Crippen MR) is 114 cm³/mol. The van der Waals surface area contributed by atoms with E-state index >= 15 is 0 Å². The summed E-state index contributed by atoms with van der Waals surface area (Å²) in [7, 11) is -3.78. The normalized spacial score (nSPS) is 11.3. The number of sulfonamides is 1. The minimum absolute atomic E-state index is 0.0330. The summed E-state index contributed by atoms with van der Waals surface area (Å²) in [5.41, 5.74) is 1.18. The van der Waals surface area contributed by atoms with Gasteiger partial charge in [-0.25, -0.2) is 18.2 Å². The first-order chi connectivity index (χ1) is 14.3. The number of thioether (sulfide) groups is 1. The van der Waals surface area contributed by atoms with E-state index in [1.165, 1.54) is 28.9 Å². The van der Waals surface area contributed by atoms with E-state index < -0.39 is 10.0 Å². The Hall–Kier alpha value is -3.09. The number of ether oxygens (including phenoxy) is 1. The molecule has 0 unspecified atom stereocenters. The number of nitrogen functional groups attached to an aromatic ring is 1. The first kappa shape index (κ1) is 21.6. The predicted octanol–water partition coefficient (Wildman–Crippen LogP) is 1.44. The van der Waals surface area contributed by atoms with Crippen molar-refractivity contribution in [3.05, 3.63) is 48.5 Å². The van der Waals surface area contributed by atoms with Crippen LogP contribution >= 0.6 is 11.8 Å². The molecule has 5 N–H and O–H groups in total. The molecule has 2 aromatic carbocycles. The Balaban J connectivity index is 1.62. The van der Waals surface area contributed by atoms with E-state index in [0.29, 0.717) is 29.0 Å². The Bertz CT molecular complexity index is 1150. The Labute approximate surface area is 177 Å². The van der Waals surface area contributed by atoms with Crippen LogP contribution in [-0.4, -0.2) is 41.6 Å². The lowest BCUT2D eigenvalue weighted by Gasteiger charge is -2.07. The maximum atomic E-state index is 12.2. The summed E-state index contributed by atoms with van der Waals surface area (Å²) in [6, 6.07) is 12.9.